The highest BCUT2D eigenvalue weighted by Crippen LogP contribution is 2.28. The first-order valence-corrected chi connectivity index (χ1v) is 7.78. The van der Waals surface area contributed by atoms with Gasteiger partial charge in [-0.25, -0.2) is 0 Å². The average molecular weight is 315 g/mol. The lowest BCUT2D eigenvalue weighted by Gasteiger charge is -2.21. The van der Waals surface area contributed by atoms with Gasteiger partial charge in [-0.2, -0.15) is 0 Å². The summed E-state index contributed by atoms with van der Waals surface area (Å²) in [4.78, 5) is 28.7. The van der Waals surface area contributed by atoms with Crippen molar-refractivity contribution < 1.29 is 19.8 Å². The van der Waals surface area contributed by atoms with Crippen molar-refractivity contribution >= 4 is 17.8 Å². The first-order valence-electron chi connectivity index (χ1n) is 7.78. The zero-order valence-electron chi connectivity index (χ0n) is 13.1. The van der Waals surface area contributed by atoms with Crippen molar-refractivity contribution in [3.8, 4) is 0 Å². The van der Waals surface area contributed by atoms with Crippen molar-refractivity contribution in [2.45, 2.75) is 32.2 Å². The van der Waals surface area contributed by atoms with E-state index in [1.54, 1.807) is 24.3 Å². The molecule has 23 heavy (non-hydrogen) atoms. The minimum absolute atomic E-state index is 0.0810. The van der Waals surface area contributed by atoms with Crippen LogP contribution in [0.15, 0.2) is 46.7 Å². The lowest BCUT2D eigenvalue weighted by Crippen LogP contribution is -2.27. The van der Waals surface area contributed by atoms with Gasteiger partial charge in [0.1, 0.15) is 5.76 Å². The van der Waals surface area contributed by atoms with Gasteiger partial charge in [0.25, 0.3) is 0 Å². The van der Waals surface area contributed by atoms with Gasteiger partial charge in [0.2, 0.25) is 0 Å². The van der Waals surface area contributed by atoms with E-state index in [1.807, 2.05) is 13.0 Å². The maximum absolute atomic E-state index is 12.5. The van der Waals surface area contributed by atoms with Crippen LogP contribution in [0.2, 0.25) is 0 Å². The summed E-state index contributed by atoms with van der Waals surface area (Å²) in [7, 11) is 0. The van der Waals surface area contributed by atoms with Crippen LogP contribution in [0.1, 0.15) is 36.5 Å². The van der Waals surface area contributed by atoms with Crippen molar-refractivity contribution in [3.05, 3.63) is 47.2 Å². The van der Waals surface area contributed by atoms with E-state index >= 15 is 0 Å². The zero-order chi connectivity index (χ0) is 16.8. The van der Waals surface area contributed by atoms with Crippen LogP contribution in [0.3, 0.4) is 0 Å². The van der Waals surface area contributed by atoms with Gasteiger partial charge in [0, 0.05) is 18.2 Å². The number of hydrogen-bond donors (Lipinski definition) is 2. The summed E-state index contributed by atoms with van der Waals surface area (Å²) in [5.41, 5.74) is 0.592. The minimum atomic E-state index is -0.717. The summed E-state index contributed by atoms with van der Waals surface area (Å²) >= 11 is 0. The van der Waals surface area contributed by atoms with Gasteiger partial charge in [0.05, 0.1) is 24.1 Å². The van der Waals surface area contributed by atoms with Crippen LogP contribution in [0.4, 0.5) is 0 Å². The fourth-order valence-corrected chi connectivity index (χ4v) is 2.54. The Morgan fingerprint density at radius 3 is 2.70 bits per heavy atom. The van der Waals surface area contributed by atoms with E-state index in [4.69, 9.17) is 5.11 Å². The molecule has 0 bridgehead atoms. The first-order chi connectivity index (χ1) is 11.1. The molecule has 1 aliphatic carbocycles. The number of aliphatic imine (C=N–C) groups is 1. The monoisotopic (exact) mass is 315 g/mol. The fourth-order valence-electron chi connectivity index (χ4n) is 2.54. The smallest absolute Gasteiger partial charge is 0.173 e. The van der Waals surface area contributed by atoms with Crippen molar-refractivity contribution in [3.63, 3.8) is 0 Å². The molecule has 1 aliphatic rings. The molecule has 0 amide bonds. The second-order valence-corrected chi connectivity index (χ2v) is 5.57. The molecule has 0 heterocycles. The van der Waals surface area contributed by atoms with Crippen LogP contribution in [0.25, 0.3) is 0 Å². The quantitative estimate of drug-likeness (QED) is 0.624. The van der Waals surface area contributed by atoms with Crippen LogP contribution in [0.5, 0.6) is 0 Å². The zero-order valence-corrected chi connectivity index (χ0v) is 13.1. The van der Waals surface area contributed by atoms with Gasteiger partial charge in [-0.05, 0) is 12.8 Å². The van der Waals surface area contributed by atoms with E-state index in [0.29, 0.717) is 18.4 Å². The third-order valence-electron chi connectivity index (χ3n) is 4.04. The van der Waals surface area contributed by atoms with Crippen molar-refractivity contribution in [2.75, 3.05) is 6.61 Å². The molecule has 2 rings (SSSR count). The summed E-state index contributed by atoms with van der Waals surface area (Å²) in [6.45, 7) is 1.75. The Morgan fingerprint density at radius 2 is 2.09 bits per heavy atom. The Kier molecular flexibility index (Phi) is 5.82. The van der Waals surface area contributed by atoms with Crippen molar-refractivity contribution in [1.29, 1.82) is 0 Å². The molecular formula is C18H21NO4. The Morgan fingerprint density at radius 1 is 1.39 bits per heavy atom. The van der Waals surface area contributed by atoms with Crippen LogP contribution < -0.4 is 0 Å². The average Bonchev–Trinajstić information content (AvgIpc) is 2.58. The maximum atomic E-state index is 12.5. The molecule has 0 spiro atoms. The number of ketones is 2. The first kappa shape index (κ1) is 17.1. The number of aliphatic hydroxyl groups is 2. The summed E-state index contributed by atoms with van der Waals surface area (Å²) < 4.78 is 0. The van der Waals surface area contributed by atoms with E-state index < -0.39 is 5.92 Å². The molecule has 5 nitrogen and oxygen atoms in total. The molecule has 0 aliphatic heterocycles. The van der Waals surface area contributed by atoms with Crippen LogP contribution >= 0.6 is 0 Å². The molecule has 1 aromatic carbocycles. The number of aliphatic hydroxyl groups excluding tert-OH is 2. The molecule has 0 radical (unpaired) electrons. The van der Waals surface area contributed by atoms with Crippen LogP contribution in [-0.4, -0.2) is 40.6 Å². The highest BCUT2D eigenvalue weighted by molar-refractivity contribution is 6.16. The molecule has 0 aromatic heterocycles. The number of Topliss-reactive ketones (excluding diaryl/α,β-unsaturated/α-hetero) is 2. The second-order valence-electron chi connectivity index (χ2n) is 5.57. The predicted molar refractivity (Wildman–Crippen MR) is 87.8 cm³/mol. The Balaban J connectivity index is 2.29. The standard InChI is InChI=1S/C18H21NO4/c1-2-13(11-20)19-10-15-16(21)9-8-14(18(15)23)17(22)12-6-4-3-5-7-12/h3-7,10,13-14,20,23H,2,8-9,11H2,1H3. The molecule has 2 N–H and O–H groups in total. The molecule has 2 atom stereocenters. The minimum Gasteiger partial charge on any atom is -0.511 e. The normalized spacial score (nSPS) is 20.1. The fraction of sp³-hybridized carbons (Fsp3) is 0.389. The SMILES string of the molecule is CCC(CO)N=CC1=C(O)C(C(=O)c2ccccc2)CCC1=O. The van der Waals surface area contributed by atoms with E-state index in [1.165, 1.54) is 6.21 Å². The molecule has 0 saturated heterocycles. The highest BCUT2D eigenvalue weighted by Gasteiger charge is 2.32. The van der Waals surface area contributed by atoms with E-state index in [9.17, 15) is 14.7 Å². The van der Waals surface area contributed by atoms with E-state index in [0.717, 1.165) is 0 Å². The summed E-state index contributed by atoms with van der Waals surface area (Å²) in [6, 6.07) is 8.41. The van der Waals surface area contributed by atoms with Gasteiger partial charge >= 0.3 is 0 Å². The second kappa shape index (κ2) is 7.83. The Hall–Kier alpha value is -2.27. The Labute approximate surface area is 135 Å². The van der Waals surface area contributed by atoms with E-state index in [-0.39, 0.29) is 42.0 Å². The number of benzene rings is 1. The molecule has 2 unspecified atom stereocenters. The van der Waals surface area contributed by atoms with Crippen molar-refractivity contribution in [1.82, 2.24) is 0 Å². The lowest BCUT2D eigenvalue weighted by molar-refractivity contribution is -0.116. The molecule has 5 heteroatoms. The van der Waals surface area contributed by atoms with Gasteiger partial charge in [-0.3, -0.25) is 14.6 Å². The molecule has 0 fully saturated rings. The molecular weight excluding hydrogens is 294 g/mol. The predicted octanol–water partition coefficient (Wildman–Crippen LogP) is 2.50. The number of rotatable bonds is 6. The third-order valence-corrected chi connectivity index (χ3v) is 4.04. The maximum Gasteiger partial charge on any atom is 0.173 e. The summed E-state index contributed by atoms with van der Waals surface area (Å²) in [5, 5.41) is 19.5. The van der Waals surface area contributed by atoms with Crippen molar-refractivity contribution in [2.24, 2.45) is 10.9 Å². The van der Waals surface area contributed by atoms with Gasteiger partial charge < -0.3 is 10.2 Å². The van der Waals surface area contributed by atoms with E-state index in [2.05, 4.69) is 4.99 Å². The topological polar surface area (TPSA) is 87.0 Å². The molecule has 122 valence electrons. The number of carbonyl (C=O) groups is 2. The molecule has 0 saturated carbocycles. The van der Waals surface area contributed by atoms with Crippen LogP contribution in [0, 0.1) is 5.92 Å². The number of hydrogen-bond acceptors (Lipinski definition) is 5. The molecule has 1 aromatic rings. The lowest BCUT2D eigenvalue weighted by atomic mass is 9.83. The number of carbonyl (C=O) groups excluding carboxylic acids is 2. The number of nitrogens with zero attached hydrogens (tertiary/aromatic N) is 1. The Bertz CT molecular complexity index is 630. The highest BCUT2D eigenvalue weighted by atomic mass is 16.3. The largest absolute Gasteiger partial charge is 0.511 e. The van der Waals surface area contributed by atoms with Gasteiger partial charge in [0.15, 0.2) is 11.6 Å². The third kappa shape index (κ3) is 3.93. The van der Waals surface area contributed by atoms with Gasteiger partial charge in [-0.1, -0.05) is 37.3 Å². The summed E-state index contributed by atoms with van der Waals surface area (Å²) in [5.74, 6) is -1.36. The van der Waals surface area contributed by atoms with Crippen LogP contribution in [-0.2, 0) is 4.79 Å². The van der Waals surface area contributed by atoms with Gasteiger partial charge in [-0.15, -0.1) is 0 Å². The summed E-state index contributed by atoms with van der Waals surface area (Å²) in [6.07, 6.45) is 2.42. The number of allylic oxidation sites excluding steroid dienone is 2.